The average molecular weight is 824 g/mol. The average Bonchev–Trinajstić information content (AvgIpc) is 3.73. The first-order valence-corrected chi connectivity index (χ1v) is 25.8. The minimum Gasteiger partial charge on any atom is -0.0958 e. The molecule has 0 aliphatic heterocycles. The Morgan fingerprint density at radius 1 is 0.702 bits per heavy atom. The van der Waals surface area contributed by atoms with Crippen molar-refractivity contribution in [1.29, 1.82) is 0 Å². The van der Waals surface area contributed by atoms with Gasteiger partial charge in [-0.3, -0.25) is 0 Å². The second kappa shape index (κ2) is 49.7. The van der Waals surface area contributed by atoms with Gasteiger partial charge in [0.15, 0.2) is 0 Å². The summed E-state index contributed by atoms with van der Waals surface area (Å²) in [5, 5.41) is 0. The number of rotatable bonds is 18. The van der Waals surface area contributed by atoms with Gasteiger partial charge >= 0.3 is 0 Å². The lowest BCUT2D eigenvalue weighted by molar-refractivity contribution is 0.403. The Balaban J connectivity index is -0.000000110. The highest BCUT2D eigenvalue weighted by molar-refractivity contribution is 7.80. The molecule has 0 aromatic carbocycles. The zero-order chi connectivity index (χ0) is 46.6. The van der Waals surface area contributed by atoms with Crippen molar-refractivity contribution in [1.82, 2.24) is 0 Å². The maximum absolute atomic E-state index is 5.31. The second-order valence-corrected chi connectivity index (χ2v) is 18.0. The maximum atomic E-state index is 5.31. The van der Waals surface area contributed by atoms with E-state index < -0.39 is 0 Å². The molecule has 2 aliphatic carbocycles. The predicted molar refractivity (Wildman–Crippen MR) is 281 cm³/mol. The fourth-order valence-corrected chi connectivity index (χ4v) is 7.51. The van der Waals surface area contributed by atoms with Crippen LogP contribution in [0.15, 0.2) is 35.5 Å². The van der Waals surface area contributed by atoms with E-state index >= 15 is 0 Å². The van der Waals surface area contributed by atoms with Crippen molar-refractivity contribution >= 4 is 17.1 Å². The van der Waals surface area contributed by atoms with Gasteiger partial charge in [-0.2, -0.15) is 0 Å². The van der Waals surface area contributed by atoms with E-state index in [1.165, 1.54) is 100 Å². The van der Waals surface area contributed by atoms with Crippen LogP contribution in [0, 0.1) is 34.5 Å². The minimum atomic E-state index is 0.119. The molecule has 2 rings (SSSR count). The van der Waals surface area contributed by atoms with Crippen LogP contribution >= 0.6 is 12.2 Å². The van der Waals surface area contributed by atoms with Gasteiger partial charge in [0.2, 0.25) is 0 Å². The van der Waals surface area contributed by atoms with E-state index in [0.717, 1.165) is 58.8 Å². The van der Waals surface area contributed by atoms with E-state index in [1.807, 2.05) is 48.5 Å². The minimum absolute atomic E-state index is 0.119. The van der Waals surface area contributed by atoms with Gasteiger partial charge in [-0.25, -0.2) is 0 Å². The molecule has 0 aromatic rings. The second-order valence-electron chi connectivity index (χ2n) is 17.4. The van der Waals surface area contributed by atoms with Crippen molar-refractivity contribution in [3.63, 3.8) is 0 Å². The summed E-state index contributed by atoms with van der Waals surface area (Å²) in [7, 11) is 0. The van der Waals surface area contributed by atoms with Crippen LogP contribution < -0.4 is 0 Å². The number of allylic oxidation sites excluding steroid dienone is 4. The third kappa shape index (κ3) is 43.2. The smallest absolute Gasteiger partial charge is 0.00396 e. The largest absolute Gasteiger partial charge is 0.0958 e. The van der Waals surface area contributed by atoms with Gasteiger partial charge in [-0.05, 0) is 116 Å². The van der Waals surface area contributed by atoms with E-state index in [2.05, 4.69) is 131 Å². The summed E-state index contributed by atoms with van der Waals surface area (Å²) in [6, 6.07) is 0. The van der Waals surface area contributed by atoms with Crippen molar-refractivity contribution in [2.45, 2.75) is 288 Å². The normalized spacial score (nSPS) is 17.2. The third-order valence-electron chi connectivity index (χ3n) is 10.9. The molecule has 0 bridgehead atoms. The Hall–Kier alpha value is -0.690. The van der Waals surface area contributed by atoms with Crippen LogP contribution in [0.25, 0.3) is 0 Å². The number of thiocarbonyl (C=S) groups is 1. The molecule has 2 aliphatic rings. The lowest BCUT2D eigenvalue weighted by Crippen LogP contribution is -2.19. The Kier molecular flexibility index (Phi) is 61.7. The summed E-state index contributed by atoms with van der Waals surface area (Å²) in [4.78, 5) is 1.08. The molecule has 2 fully saturated rings. The molecule has 0 nitrogen and oxygen atoms in total. The molecular formula is C56H118S. The van der Waals surface area contributed by atoms with Crippen LogP contribution in [0.2, 0.25) is 0 Å². The number of fused-ring (bicyclic) bond motifs is 1. The van der Waals surface area contributed by atoms with E-state index in [-0.39, 0.29) is 5.41 Å². The summed E-state index contributed by atoms with van der Waals surface area (Å²) >= 11 is 5.31. The molecule has 3 unspecified atom stereocenters. The van der Waals surface area contributed by atoms with Gasteiger partial charge in [-0.15, -0.1) is 0 Å². The molecule has 0 saturated heterocycles. The molecule has 2 saturated carbocycles. The van der Waals surface area contributed by atoms with E-state index in [0.29, 0.717) is 0 Å². The molecule has 57 heavy (non-hydrogen) atoms. The molecule has 0 amide bonds. The van der Waals surface area contributed by atoms with Crippen LogP contribution in [0.1, 0.15) is 288 Å². The highest BCUT2D eigenvalue weighted by Gasteiger charge is 2.57. The third-order valence-corrected chi connectivity index (χ3v) is 11.5. The highest BCUT2D eigenvalue weighted by atomic mass is 32.1. The van der Waals surface area contributed by atoms with Gasteiger partial charge < -0.3 is 0 Å². The highest BCUT2D eigenvalue weighted by Crippen LogP contribution is 2.67. The molecule has 0 aromatic heterocycles. The molecule has 1 heteroatoms. The van der Waals surface area contributed by atoms with E-state index in [9.17, 15) is 0 Å². The number of unbranched alkanes of at least 4 members (excludes halogenated alkanes) is 2. The lowest BCUT2D eigenvalue weighted by Gasteiger charge is -2.24. The summed E-state index contributed by atoms with van der Waals surface area (Å²) in [6.45, 7) is 60.1. The first kappa shape index (κ1) is 70.8. The van der Waals surface area contributed by atoms with Crippen molar-refractivity contribution in [3.05, 3.63) is 35.5 Å². The standard InChI is InChI=1S/C17H28S.C10H18.C9H20.C6H14.C5H12.C3H8.3C2H6/c1-9-16(12(2)3)14(5)13(4)10-11-17(7,8)15(6)18;1-3-4-10-6-8(2)5-9(10)7-10;1-4-7-9(6-3)8-5-2;1-4-5-6(2)3;1-3-5-4-2;1-3-2;3*1-2/h2,4,9-11H2,1,3,5-8H3;8-9H,3-7H2,1-2H3;9H,4-8H2,1-3H3;6H,4-5H2,1-3H3;3-5H2,1-2H3;3H2,1-2H3;3*1-2H3/b16-14+;;;;;;;;. The van der Waals surface area contributed by atoms with Crippen LogP contribution in [-0.2, 0) is 0 Å². The molecule has 0 heterocycles. The Morgan fingerprint density at radius 2 is 1.14 bits per heavy atom. The van der Waals surface area contributed by atoms with E-state index in [1.54, 1.807) is 19.3 Å². The number of hydrogen-bond acceptors (Lipinski definition) is 1. The molecule has 0 radical (unpaired) electrons. The summed E-state index contributed by atoms with van der Waals surface area (Å²) in [5.74, 6) is 4.11. The van der Waals surface area contributed by atoms with Crippen LogP contribution in [-0.4, -0.2) is 4.86 Å². The summed E-state index contributed by atoms with van der Waals surface area (Å²) in [5.41, 5.74) is 6.03. The number of hydrogen-bond donors (Lipinski definition) is 0. The topological polar surface area (TPSA) is 0 Å². The summed E-state index contributed by atoms with van der Waals surface area (Å²) < 4.78 is 0. The molecule has 0 spiro atoms. The van der Waals surface area contributed by atoms with Crippen molar-refractivity contribution < 1.29 is 0 Å². The van der Waals surface area contributed by atoms with Crippen LogP contribution in [0.4, 0.5) is 0 Å². The van der Waals surface area contributed by atoms with Crippen molar-refractivity contribution in [3.8, 4) is 0 Å². The fourth-order valence-electron chi connectivity index (χ4n) is 7.41. The van der Waals surface area contributed by atoms with Crippen LogP contribution in [0.5, 0.6) is 0 Å². The van der Waals surface area contributed by atoms with Crippen LogP contribution in [0.3, 0.4) is 0 Å². The molecule has 3 atom stereocenters. The molecule has 348 valence electrons. The zero-order valence-corrected chi connectivity index (χ0v) is 45.9. The Morgan fingerprint density at radius 3 is 1.37 bits per heavy atom. The first-order chi connectivity index (χ1) is 26.8. The monoisotopic (exact) mass is 823 g/mol. The molecular weight excluding hydrogens is 705 g/mol. The lowest BCUT2D eigenvalue weighted by atomic mass is 9.82. The van der Waals surface area contributed by atoms with Crippen molar-refractivity contribution in [2.75, 3.05) is 0 Å². The van der Waals surface area contributed by atoms with Gasteiger partial charge in [-0.1, -0.05) is 259 Å². The molecule has 0 N–H and O–H groups in total. The van der Waals surface area contributed by atoms with Crippen molar-refractivity contribution in [2.24, 2.45) is 34.5 Å². The maximum Gasteiger partial charge on any atom is -0.00396 e. The quantitative estimate of drug-likeness (QED) is 0.0980. The fraction of sp³-hybridized carbons (Fsp3) is 0.875. The Labute approximate surface area is 373 Å². The van der Waals surface area contributed by atoms with Gasteiger partial charge in [0.25, 0.3) is 0 Å². The zero-order valence-electron chi connectivity index (χ0n) is 45.1. The van der Waals surface area contributed by atoms with E-state index in [4.69, 9.17) is 12.2 Å². The summed E-state index contributed by atoms with van der Waals surface area (Å²) in [6.07, 6.45) is 25.7. The Bertz CT molecular complexity index is 862. The van der Waals surface area contributed by atoms with Gasteiger partial charge in [0, 0.05) is 0 Å². The van der Waals surface area contributed by atoms with Gasteiger partial charge in [0.1, 0.15) is 0 Å². The SMILES string of the molecule is C=C(CCC(C)(C)C(C)=S)/C(C)=C(\CC)C(=C)C.CC.CC.CC.CCC.CCCC(C)C.CCCC(CC)CCC.CCCC12CC(C)CC1C2.CCCCC. The predicted octanol–water partition coefficient (Wildman–Crippen LogP) is 22.0. The first-order valence-electron chi connectivity index (χ1n) is 25.4. The van der Waals surface area contributed by atoms with Gasteiger partial charge in [0.05, 0.1) is 0 Å².